The number of fused-ring (bicyclic) bond motifs is 1. The van der Waals surface area contributed by atoms with Crippen molar-refractivity contribution < 1.29 is 4.79 Å². The van der Waals surface area contributed by atoms with Gasteiger partial charge in [0.2, 0.25) is 5.91 Å². The summed E-state index contributed by atoms with van der Waals surface area (Å²) in [5, 5.41) is 4.53. The molecular formula is C23H26ClN3O2S. The molecule has 158 valence electrons. The average Bonchev–Trinajstić information content (AvgIpc) is 2.66. The minimum Gasteiger partial charge on any atom is -0.325 e. The number of aryl methyl sites for hydroxylation is 3. The first kappa shape index (κ1) is 22.4. The Morgan fingerprint density at radius 2 is 1.83 bits per heavy atom. The molecule has 0 saturated carbocycles. The van der Waals surface area contributed by atoms with E-state index in [0.29, 0.717) is 27.6 Å². The van der Waals surface area contributed by atoms with Crippen molar-refractivity contribution in [1.82, 2.24) is 9.55 Å². The van der Waals surface area contributed by atoms with Crippen LogP contribution in [0.3, 0.4) is 0 Å². The van der Waals surface area contributed by atoms with Crippen LogP contribution in [0.2, 0.25) is 5.02 Å². The molecule has 1 aromatic heterocycles. The molecular weight excluding hydrogens is 418 g/mol. The summed E-state index contributed by atoms with van der Waals surface area (Å²) in [5.74, 6) is 0.292. The summed E-state index contributed by atoms with van der Waals surface area (Å²) in [6.07, 6.45) is 0. The summed E-state index contributed by atoms with van der Waals surface area (Å²) >= 11 is 7.34. The Morgan fingerprint density at radius 3 is 2.47 bits per heavy atom. The molecule has 30 heavy (non-hydrogen) atoms. The maximum absolute atomic E-state index is 13.0. The van der Waals surface area contributed by atoms with Crippen LogP contribution in [0.5, 0.6) is 0 Å². The molecule has 1 heterocycles. The molecule has 0 bridgehead atoms. The summed E-state index contributed by atoms with van der Waals surface area (Å²) in [6.45, 7) is 10.6. The highest BCUT2D eigenvalue weighted by atomic mass is 35.5. The molecule has 0 unspecified atom stereocenters. The smallest absolute Gasteiger partial charge is 0.262 e. The van der Waals surface area contributed by atoms with Gasteiger partial charge in [0, 0.05) is 17.3 Å². The average molecular weight is 444 g/mol. The summed E-state index contributed by atoms with van der Waals surface area (Å²) < 4.78 is 1.64. The predicted octanol–water partition coefficient (Wildman–Crippen LogP) is 5.36. The molecule has 0 aliphatic heterocycles. The fourth-order valence-corrected chi connectivity index (χ4v) is 4.47. The number of nitrogens with one attached hydrogen (secondary N) is 1. The van der Waals surface area contributed by atoms with Crippen molar-refractivity contribution in [2.24, 2.45) is 5.92 Å². The van der Waals surface area contributed by atoms with Crippen LogP contribution in [0.15, 0.2) is 40.3 Å². The lowest BCUT2D eigenvalue weighted by Gasteiger charge is -2.16. The summed E-state index contributed by atoms with van der Waals surface area (Å²) in [5.41, 5.74) is 4.51. The van der Waals surface area contributed by atoms with Crippen LogP contribution in [0.4, 0.5) is 5.69 Å². The van der Waals surface area contributed by atoms with Gasteiger partial charge in [0.1, 0.15) is 0 Å². The SMILES string of the molecule is Cc1cc(C)c(NC(=O)CSc2nc3ccc(Cl)cc3c(=O)n2CC(C)C)c(C)c1. The molecule has 2 aromatic carbocycles. The molecule has 0 saturated heterocycles. The highest BCUT2D eigenvalue weighted by Gasteiger charge is 2.15. The lowest BCUT2D eigenvalue weighted by molar-refractivity contribution is -0.113. The van der Waals surface area contributed by atoms with Gasteiger partial charge < -0.3 is 5.32 Å². The molecule has 0 atom stereocenters. The Bertz CT molecular complexity index is 1150. The summed E-state index contributed by atoms with van der Waals surface area (Å²) in [6, 6.07) is 9.19. The van der Waals surface area contributed by atoms with Gasteiger partial charge in [-0.3, -0.25) is 14.2 Å². The molecule has 0 aliphatic carbocycles. The van der Waals surface area contributed by atoms with Gasteiger partial charge in [0.25, 0.3) is 5.56 Å². The van der Waals surface area contributed by atoms with Crippen molar-refractivity contribution in [1.29, 1.82) is 0 Å². The number of carbonyl (C=O) groups excluding carboxylic acids is 1. The van der Waals surface area contributed by atoms with Gasteiger partial charge in [-0.05, 0) is 56.0 Å². The first-order valence-corrected chi connectivity index (χ1v) is 11.2. The molecule has 1 N–H and O–H groups in total. The molecule has 5 nitrogen and oxygen atoms in total. The van der Waals surface area contributed by atoms with E-state index in [-0.39, 0.29) is 23.1 Å². The first-order valence-electron chi connectivity index (χ1n) is 9.86. The molecule has 0 spiro atoms. The number of rotatable bonds is 6. The van der Waals surface area contributed by atoms with Crippen LogP contribution < -0.4 is 10.9 Å². The second kappa shape index (κ2) is 9.23. The zero-order valence-corrected chi connectivity index (χ0v) is 19.4. The second-order valence-electron chi connectivity index (χ2n) is 7.98. The summed E-state index contributed by atoms with van der Waals surface area (Å²) in [4.78, 5) is 30.3. The van der Waals surface area contributed by atoms with E-state index in [9.17, 15) is 9.59 Å². The zero-order chi connectivity index (χ0) is 22.0. The largest absolute Gasteiger partial charge is 0.325 e. The van der Waals surface area contributed by atoms with Crippen molar-refractivity contribution in [3.05, 3.63) is 62.4 Å². The van der Waals surface area contributed by atoms with E-state index >= 15 is 0 Å². The Morgan fingerprint density at radius 1 is 1.17 bits per heavy atom. The van der Waals surface area contributed by atoms with Crippen LogP contribution in [-0.4, -0.2) is 21.2 Å². The summed E-state index contributed by atoms with van der Waals surface area (Å²) in [7, 11) is 0. The van der Waals surface area contributed by atoms with Crippen molar-refractivity contribution in [3.8, 4) is 0 Å². The van der Waals surface area contributed by atoms with E-state index < -0.39 is 0 Å². The van der Waals surface area contributed by atoms with Crippen molar-refractivity contribution in [3.63, 3.8) is 0 Å². The molecule has 0 radical (unpaired) electrons. The number of benzene rings is 2. The Balaban J connectivity index is 1.87. The van der Waals surface area contributed by atoms with Crippen molar-refractivity contribution in [2.75, 3.05) is 11.1 Å². The number of aromatic nitrogens is 2. The van der Waals surface area contributed by atoms with E-state index in [1.165, 1.54) is 11.8 Å². The third kappa shape index (κ3) is 5.05. The van der Waals surface area contributed by atoms with Crippen LogP contribution in [0.25, 0.3) is 10.9 Å². The normalized spacial score (nSPS) is 11.3. The van der Waals surface area contributed by atoms with Gasteiger partial charge in [-0.1, -0.05) is 54.9 Å². The Hall–Kier alpha value is -2.31. The van der Waals surface area contributed by atoms with Crippen molar-refractivity contribution >= 4 is 45.9 Å². The number of halogens is 1. The number of thioether (sulfide) groups is 1. The maximum Gasteiger partial charge on any atom is 0.262 e. The van der Waals surface area contributed by atoms with E-state index in [0.717, 1.165) is 22.4 Å². The van der Waals surface area contributed by atoms with E-state index in [1.807, 2.05) is 46.8 Å². The number of carbonyl (C=O) groups is 1. The number of amides is 1. The highest BCUT2D eigenvalue weighted by molar-refractivity contribution is 7.99. The molecule has 1 amide bonds. The molecule has 0 fully saturated rings. The predicted molar refractivity (Wildman–Crippen MR) is 126 cm³/mol. The molecule has 3 rings (SSSR count). The Kier molecular flexibility index (Phi) is 6.88. The monoisotopic (exact) mass is 443 g/mol. The maximum atomic E-state index is 13.0. The Labute approximate surface area is 185 Å². The molecule has 7 heteroatoms. The van der Waals surface area contributed by atoms with Crippen LogP contribution in [0.1, 0.15) is 30.5 Å². The van der Waals surface area contributed by atoms with Crippen LogP contribution in [-0.2, 0) is 11.3 Å². The van der Waals surface area contributed by atoms with Crippen LogP contribution in [0, 0.1) is 26.7 Å². The lowest BCUT2D eigenvalue weighted by Crippen LogP contribution is -2.26. The number of nitrogens with zero attached hydrogens (tertiary/aromatic N) is 2. The highest BCUT2D eigenvalue weighted by Crippen LogP contribution is 2.24. The van der Waals surface area contributed by atoms with Crippen LogP contribution >= 0.6 is 23.4 Å². The van der Waals surface area contributed by atoms with Gasteiger partial charge in [-0.2, -0.15) is 0 Å². The zero-order valence-electron chi connectivity index (χ0n) is 17.9. The minimum absolute atomic E-state index is 0.128. The van der Waals surface area contributed by atoms with E-state index in [1.54, 1.807) is 22.8 Å². The topological polar surface area (TPSA) is 64.0 Å². The van der Waals surface area contributed by atoms with Gasteiger partial charge in [0.15, 0.2) is 5.16 Å². The fourth-order valence-electron chi connectivity index (χ4n) is 3.49. The minimum atomic E-state index is -0.135. The lowest BCUT2D eigenvalue weighted by atomic mass is 10.1. The number of anilines is 1. The second-order valence-corrected chi connectivity index (χ2v) is 9.35. The molecule has 0 aliphatic rings. The van der Waals surface area contributed by atoms with Gasteiger partial charge in [-0.15, -0.1) is 0 Å². The van der Waals surface area contributed by atoms with E-state index in [4.69, 9.17) is 11.6 Å². The van der Waals surface area contributed by atoms with Crippen molar-refractivity contribution in [2.45, 2.75) is 46.3 Å². The van der Waals surface area contributed by atoms with Gasteiger partial charge in [-0.25, -0.2) is 4.98 Å². The van der Waals surface area contributed by atoms with Gasteiger partial charge >= 0.3 is 0 Å². The quantitative estimate of drug-likeness (QED) is 0.411. The van der Waals surface area contributed by atoms with E-state index in [2.05, 4.69) is 10.3 Å². The van der Waals surface area contributed by atoms with Gasteiger partial charge in [0.05, 0.1) is 16.7 Å². The first-order chi connectivity index (χ1) is 14.2. The third-order valence-electron chi connectivity index (χ3n) is 4.70. The molecule has 3 aromatic rings. The number of hydrogen-bond donors (Lipinski definition) is 1. The third-order valence-corrected chi connectivity index (χ3v) is 5.91. The standard InChI is InChI=1S/C23H26ClN3O2S/c1-13(2)11-27-22(29)18-10-17(24)6-7-19(18)25-23(27)30-12-20(28)26-21-15(4)8-14(3)9-16(21)5/h6-10,13H,11-12H2,1-5H3,(H,26,28). The number of hydrogen-bond acceptors (Lipinski definition) is 4. The fraction of sp³-hybridized carbons (Fsp3) is 0.348.